The highest BCUT2D eigenvalue weighted by molar-refractivity contribution is 6.09. The molecule has 111 valence electrons. The maximum absolute atomic E-state index is 3.40. The van der Waals surface area contributed by atoms with Crippen molar-refractivity contribution in [3.8, 4) is 11.1 Å². The monoisotopic (exact) mass is 303 g/mol. The zero-order valence-corrected chi connectivity index (χ0v) is 13.2. The lowest BCUT2D eigenvalue weighted by Crippen LogP contribution is -1.83. The molecule has 0 saturated carbocycles. The van der Waals surface area contributed by atoms with Crippen molar-refractivity contribution in [2.75, 3.05) is 0 Å². The van der Waals surface area contributed by atoms with Gasteiger partial charge in [-0.25, -0.2) is 0 Å². The zero-order valence-electron chi connectivity index (χ0n) is 13.2. The molecule has 0 aliphatic carbocycles. The normalized spacial score (nSPS) is 11.3. The fourth-order valence-electron chi connectivity index (χ4n) is 3.56. The van der Waals surface area contributed by atoms with Crippen molar-refractivity contribution in [2.24, 2.45) is 0 Å². The third-order valence-electron chi connectivity index (χ3n) is 4.75. The van der Waals surface area contributed by atoms with Crippen LogP contribution in [-0.4, -0.2) is 0 Å². The van der Waals surface area contributed by atoms with Gasteiger partial charge in [-0.15, -0.1) is 0 Å². The predicted octanol–water partition coefficient (Wildman–Crippen LogP) is 6.61. The van der Waals surface area contributed by atoms with E-state index in [1.54, 1.807) is 0 Å². The second-order valence-corrected chi connectivity index (χ2v) is 6.16. The van der Waals surface area contributed by atoms with Gasteiger partial charge in [0.1, 0.15) is 0 Å². The summed E-state index contributed by atoms with van der Waals surface area (Å²) in [5.41, 5.74) is 2.48. The van der Waals surface area contributed by atoms with Crippen LogP contribution in [0.3, 0.4) is 0 Å². The Balaban J connectivity index is 1.85. The van der Waals surface area contributed by atoms with Crippen LogP contribution in [0.25, 0.3) is 43.4 Å². The third kappa shape index (κ3) is 2.00. The summed E-state index contributed by atoms with van der Waals surface area (Å²) < 4.78 is 0. The summed E-state index contributed by atoms with van der Waals surface area (Å²) in [6.45, 7) is 0. The van der Waals surface area contributed by atoms with Crippen molar-refractivity contribution in [1.82, 2.24) is 0 Å². The average Bonchev–Trinajstić information content (AvgIpc) is 2.67. The molecular weight excluding hydrogens is 288 g/mol. The average molecular weight is 303 g/mol. The number of hydrogen-bond acceptors (Lipinski definition) is 0. The molecule has 0 heteroatoms. The summed E-state index contributed by atoms with van der Waals surface area (Å²) in [6, 6.07) is 35.8. The molecular formula is C24H15. The minimum Gasteiger partial charge on any atom is -0.0616 e. The highest BCUT2D eigenvalue weighted by Crippen LogP contribution is 2.33. The molecule has 0 atom stereocenters. The SMILES string of the molecule is [c]1cccc2cccc(-c3ccc4ccc5ccccc5c4c3)c12. The highest BCUT2D eigenvalue weighted by atomic mass is 14.1. The molecule has 0 aliphatic rings. The molecule has 0 unspecified atom stereocenters. The molecule has 0 bridgehead atoms. The molecule has 24 heavy (non-hydrogen) atoms. The lowest BCUT2D eigenvalue weighted by molar-refractivity contribution is 1.68. The first-order valence-electron chi connectivity index (χ1n) is 8.21. The molecule has 1 radical (unpaired) electrons. The maximum Gasteiger partial charge on any atom is -0.00266 e. The van der Waals surface area contributed by atoms with E-state index in [2.05, 4.69) is 84.9 Å². The fourth-order valence-corrected chi connectivity index (χ4v) is 3.56. The quantitative estimate of drug-likeness (QED) is 0.305. The molecule has 0 nitrogen and oxygen atoms in total. The smallest absolute Gasteiger partial charge is 0.00266 e. The van der Waals surface area contributed by atoms with Crippen LogP contribution in [0.5, 0.6) is 0 Å². The van der Waals surface area contributed by atoms with Crippen LogP contribution in [0.15, 0.2) is 91.0 Å². The summed E-state index contributed by atoms with van der Waals surface area (Å²) in [6.07, 6.45) is 0. The van der Waals surface area contributed by atoms with Gasteiger partial charge in [0.05, 0.1) is 0 Å². The van der Waals surface area contributed by atoms with Crippen LogP contribution in [0.2, 0.25) is 0 Å². The molecule has 0 aromatic heterocycles. The van der Waals surface area contributed by atoms with Crippen LogP contribution in [0, 0.1) is 6.07 Å². The first kappa shape index (κ1) is 13.3. The fraction of sp³-hybridized carbons (Fsp3) is 0. The molecule has 0 amide bonds. The first-order valence-corrected chi connectivity index (χ1v) is 8.21. The van der Waals surface area contributed by atoms with Crippen molar-refractivity contribution in [3.05, 3.63) is 97.1 Å². The van der Waals surface area contributed by atoms with E-state index >= 15 is 0 Å². The van der Waals surface area contributed by atoms with Gasteiger partial charge in [0.15, 0.2) is 0 Å². The minimum atomic E-state index is 1.18. The first-order chi connectivity index (χ1) is 11.9. The molecule has 0 fully saturated rings. The number of benzene rings is 5. The second-order valence-electron chi connectivity index (χ2n) is 6.16. The highest BCUT2D eigenvalue weighted by Gasteiger charge is 2.06. The molecule has 0 spiro atoms. The van der Waals surface area contributed by atoms with E-state index in [-0.39, 0.29) is 0 Å². The largest absolute Gasteiger partial charge is 0.0616 e. The Morgan fingerprint density at radius 2 is 1.29 bits per heavy atom. The summed E-state index contributed by atoms with van der Waals surface area (Å²) in [5.74, 6) is 0. The van der Waals surface area contributed by atoms with E-state index in [1.807, 2.05) is 12.1 Å². The standard InChI is InChI=1S/C24H15/c1-3-9-21-17(6-1)8-5-11-23(21)20-15-14-19-13-12-18-7-2-4-10-22(18)24(19)16-20/h1-8,10-16H. The van der Waals surface area contributed by atoms with Crippen LogP contribution in [-0.2, 0) is 0 Å². The van der Waals surface area contributed by atoms with E-state index in [0.717, 1.165) is 0 Å². The van der Waals surface area contributed by atoms with Crippen molar-refractivity contribution in [1.29, 1.82) is 0 Å². The van der Waals surface area contributed by atoms with Crippen LogP contribution >= 0.6 is 0 Å². The summed E-state index contributed by atoms with van der Waals surface area (Å²) in [4.78, 5) is 0. The minimum absolute atomic E-state index is 1.18. The van der Waals surface area contributed by atoms with Gasteiger partial charge < -0.3 is 0 Å². The Morgan fingerprint density at radius 3 is 2.25 bits per heavy atom. The van der Waals surface area contributed by atoms with Crippen LogP contribution < -0.4 is 0 Å². The van der Waals surface area contributed by atoms with Gasteiger partial charge in [-0.1, -0.05) is 84.9 Å². The van der Waals surface area contributed by atoms with Gasteiger partial charge in [-0.3, -0.25) is 0 Å². The Morgan fingerprint density at radius 1 is 0.542 bits per heavy atom. The lowest BCUT2D eigenvalue weighted by Gasteiger charge is -2.09. The molecule has 5 aromatic rings. The Kier molecular flexibility index (Phi) is 2.89. The summed E-state index contributed by atoms with van der Waals surface area (Å²) in [7, 11) is 0. The molecule has 0 N–H and O–H groups in total. The van der Waals surface area contributed by atoms with Gasteiger partial charge in [0.2, 0.25) is 0 Å². The van der Waals surface area contributed by atoms with Gasteiger partial charge in [-0.05, 0) is 55.6 Å². The topological polar surface area (TPSA) is 0 Å². The Bertz CT molecular complexity index is 1190. The van der Waals surface area contributed by atoms with E-state index in [9.17, 15) is 0 Å². The van der Waals surface area contributed by atoms with Crippen molar-refractivity contribution in [2.45, 2.75) is 0 Å². The maximum atomic E-state index is 3.40. The zero-order chi connectivity index (χ0) is 15.9. The van der Waals surface area contributed by atoms with E-state index in [4.69, 9.17) is 0 Å². The van der Waals surface area contributed by atoms with Gasteiger partial charge in [-0.2, -0.15) is 0 Å². The third-order valence-corrected chi connectivity index (χ3v) is 4.75. The Labute approximate surface area is 141 Å². The van der Waals surface area contributed by atoms with Crippen molar-refractivity contribution < 1.29 is 0 Å². The summed E-state index contributed by atoms with van der Waals surface area (Å²) in [5, 5.41) is 7.58. The molecule has 5 rings (SSSR count). The Hall–Kier alpha value is -3.12. The van der Waals surface area contributed by atoms with E-state index in [0.29, 0.717) is 0 Å². The van der Waals surface area contributed by atoms with Crippen molar-refractivity contribution in [3.63, 3.8) is 0 Å². The molecule has 0 saturated heterocycles. The van der Waals surface area contributed by atoms with Crippen molar-refractivity contribution >= 4 is 32.3 Å². The van der Waals surface area contributed by atoms with E-state index < -0.39 is 0 Å². The van der Waals surface area contributed by atoms with E-state index in [1.165, 1.54) is 43.4 Å². The second kappa shape index (κ2) is 5.21. The molecule has 5 aromatic carbocycles. The molecule has 0 aliphatic heterocycles. The predicted molar refractivity (Wildman–Crippen MR) is 103 cm³/mol. The lowest BCUT2D eigenvalue weighted by atomic mass is 9.94. The van der Waals surface area contributed by atoms with Gasteiger partial charge in [0, 0.05) is 0 Å². The van der Waals surface area contributed by atoms with Crippen LogP contribution in [0.4, 0.5) is 0 Å². The number of fused-ring (bicyclic) bond motifs is 4. The number of rotatable bonds is 1. The molecule has 0 heterocycles. The number of hydrogen-bond donors (Lipinski definition) is 0. The van der Waals surface area contributed by atoms with Crippen LogP contribution in [0.1, 0.15) is 0 Å². The summed E-state index contributed by atoms with van der Waals surface area (Å²) >= 11 is 0. The van der Waals surface area contributed by atoms with Gasteiger partial charge >= 0.3 is 0 Å². The van der Waals surface area contributed by atoms with Gasteiger partial charge in [0.25, 0.3) is 0 Å².